The van der Waals surface area contributed by atoms with Crippen molar-refractivity contribution < 1.29 is 14.7 Å². The quantitative estimate of drug-likeness (QED) is 0.843. The van der Waals surface area contributed by atoms with Crippen molar-refractivity contribution in [2.24, 2.45) is 7.05 Å². The highest BCUT2D eigenvalue weighted by Gasteiger charge is 2.25. The molecule has 0 radical (unpaired) electrons. The third-order valence-corrected chi connectivity index (χ3v) is 3.20. The summed E-state index contributed by atoms with van der Waals surface area (Å²) in [6, 6.07) is 1.60. The molecular formula is C13H21N3O3. The molecule has 1 aromatic heterocycles. The average Bonchev–Trinajstić information content (AvgIpc) is 2.75. The van der Waals surface area contributed by atoms with Gasteiger partial charge in [-0.2, -0.15) is 5.10 Å². The number of amides is 1. The highest BCUT2D eigenvalue weighted by atomic mass is 16.4. The van der Waals surface area contributed by atoms with Crippen LogP contribution in [0, 0.1) is 0 Å². The molecule has 1 amide bonds. The number of carboxylic acids is 1. The summed E-state index contributed by atoms with van der Waals surface area (Å²) < 4.78 is 1.51. The first-order valence-corrected chi connectivity index (χ1v) is 6.46. The molecule has 0 saturated carbocycles. The van der Waals surface area contributed by atoms with Crippen LogP contribution in [0.1, 0.15) is 43.4 Å². The van der Waals surface area contributed by atoms with E-state index in [2.05, 4.69) is 5.10 Å². The lowest BCUT2D eigenvalue weighted by molar-refractivity contribution is -0.138. The number of nitrogens with zero attached hydrogens (tertiary/aromatic N) is 3. The Balaban J connectivity index is 3.03. The van der Waals surface area contributed by atoms with Crippen molar-refractivity contribution in [3.05, 3.63) is 17.5 Å². The molecule has 19 heavy (non-hydrogen) atoms. The maximum atomic E-state index is 12.4. The second-order valence-electron chi connectivity index (χ2n) is 4.58. The van der Waals surface area contributed by atoms with E-state index in [0.717, 1.165) is 12.1 Å². The Hall–Kier alpha value is -1.85. The van der Waals surface area contributed by atoms with Gasteiger partial charge < -0.3 is 10.0 Å². The Bertz CT molecular complexity index is 468. The van der Waals surface area contributed by atoms with Crippen LogP contribution in [0.2, 0.25) is 0 Å². The molecule has 0 aliphatic rings. The van der Waals surface area contributed by atoms with Crippen molar-refractivity contribution in [3.8, 4) is 0 Å². The first-order valence-electron chi connectivity index (χ1n) is 6.46. The summed E-state index contributed by atoms with van der Waals surface area (Å²) in [5, 5.41) is 13.1. The molecule has 1 unspecified atom stereocenters. The molecule has 0 fully saturated rings. The Morgan fingerprint density at radius 1 is 1.47 bits per heavy atom. The summed E-state index contributed by atoms with van der Waals surface area (Å²) in [5.74, 6) is -1.29. The Morgan fingerprint density at radius 3 is 2.53 bits per heavy atom. The van der Waals surface area contributed by atoms with Gasteiger partial charge in [-0.3, -0.25) is 14.3 Å². The average molecular weight is 267 g/mol. The highest BCUT2D eigenvalue weighted by molar-refractivity contribution is 5.94. The molecule has 0 aliphatic carbocycles. The first kappa shape index (κ1) is 15.2. The van der Waals surface area contributed by atoms with Gasteiger partial charge in [0, 0.05) is 13.1 Å². The topological polar surface area (TPSA) is 75.4 Å². The zero-order valence-corrected chi connectivity index (χ0v) is 11.9. The number of aromatic nitrogens is 2. The Kier molecular flexibility index (Phi) is 5.09. The van der Waals surface area contributed by atoms with Crippen LogP contribution in [0.25, 0.3) is 0 Å². The number of carbonyl (C=O) groups is 2. The van der Waals surface area contributed by atoms with Gasteiger partial charge in [0.15, 0.2) is 0 Å². The highest BCUT2D eigenvalue weighted by Crippen LogP contribution is 2.12. The van der Waals surface area contributed by atoms with Crippen LogP contribution in [0.5, 0.6) is 0 Å². The van der Waals surface area contributed by atoms with Gasteiger partial charge in [0.05, 0.1) is 5.69 Å². The van der Waals surface area contributed by atoms with Crippen molar-refractivity contribution in [1.29, 1.82) is 0 Å². The molecule has 1 heterocycles. The van der Waals surface area contributed by atoms with Crippen molar-refractivity contribution in [3.63, 3.8) is 0 Å². The van der Waals surface area contributed by atoms with E-state index in [-0.39, 0.29) is 18.5 Å². The summed E-state index contributed by atoms with van der Waals surface area (Å²) in [5.41, 5.74) is 1.25. The van der Waals surface area contributed by atoms with Crippen molar-refractivity contribution in [2.45, 2.75) is 39.7 Å². The lowest BCUT2D eigenvalue weighted by Gasteiger charge is -2.26. The van der Waals surface area contributed by atoms with Crippen LogP contribution in [-0.2, 0) is 18.3 Å². The predicted molar refractivity (Wildman–Crippen MR) is 71.0 cm³/mol. The van der Waals surface area contributed by atoms with Crippen molar-refractivity contribution >= 4 is 11.9 Å². The largest absolute Gasteiger partial charge is 0.480 e. The zero-order chi connectivity index (χ0) is 14.6. The van der Waals surface area contributed by atoms with Gasteiger partial charge in [0.1, 0.15) is 12.2 Å². The SMILES string of the molecule is CCc1cc(C(=O)N(CC(=O)O)C(C)CC)n(C)n1. The van der Waals surface area contributed by atoms with Crippen LogP contribution in [-0.4, -0.2) is 44.3 Å². The molecule has 6 nitrogen and oxygen atoms in total. The molecule has 0 spiro atoms. The minimum absolute atomic E-state index is 0.122. The zero-order valence-electron chi connectivity index (χ0n) is 11.9. The van der Waals surface area contributed by atoms with Gasteiger partial charge in [0.2, 0.25) is 0 Å². The van der Waals surface area contributed by atoms with Crippen molar-refractivity contribution in [2.75, 3.05) is 6.54 Å². The minimum atomic E-state index is -1.01. The molecular weight excluding hydrogens is 246 g/mol. The second kappa shape index (κ2) is 6.36. The van der Waals surface area contributed by atoms with E-state index >= 15 is 0 Å². The van der Waals surface area contributed by atoms with E-state index in [1.165, 1.54) is 9.58 Å². The second-order valence-corrected chi connectivity index (χ2v) is 4.58. The summed E-state index contributed by atoms with van der Waals surface area (Å²) in [7, 11) is 1.70. The fourth-order valence-electron chi connectivity index (χ4n) is 1.84. The van der Waals surface area contributed by atoms with E-state index in [9.17, 15) is 9.59 Å². The maximum absolute atomic E-state index is 12.4. The molecule has 0 bridgehead atoms. The number of aryl methyl sites for hydroxylation is 2. The molecule has 6 heteroatoms. The molecule has 1 rings (SSSR count). The standard InChI is InChI=1S/C13H21N3O3/c1-5-9(3)16(8-12(17)18)13(19)11-7-10(6-2)14-15(11)4/h7,9H,5-6,8H2,1-4H3,(H,17,18). The molecule has 0 aromatic carbocycles. The fourth-order valence-corrected chi connectivity index (χ4v) is 1.84. The Labute approximate surface area is 113 Å². The van der Waals surface area contributed by atoms with Crippen LogP contribution in [0.4, 0.5) is 0 Å². The van der Waals surface area contributed by atoms with Crippen LogP contribution in [0.3, 0.4) is 0 Å². The minimum Gasteiger partial charge on any atom is -0.480 e. The van der Waals surface area contributed by atoms with E-state index in [1.807, 2.05) is 20.8 Å². The van der Waals surface area contributed by atoms with Gasteiger partial charge in [-0.1, -0.05) is 13.8 Å². The van der Waals surface area contributed by atoms with E-state index in [4.69, 9.17) is 5.11 Å². The van der Waals surface area contributed by atoms with Gasteiger partial charge in [-0.15, -0.1) is 0 Å². The molecule has 1 N–H and O–H groups in total. The maximum Gasteiger partial charge on any atom is 0.323 e. The van der Waals surface area contributed by atoms with Gasteiger partial charge in [-0.05, 0) is 25.8 Å². The predicted octanol–water partition coefficient (Wildman–Crippen LogP) is 1.31. The van der Waals surface area contributed by atoms with Gasteiger partial charge in [0.25, 0.3) is 5.91 Å². The summed E-state index contributed by atoms with van der Waals surface area (Å²) in [4.78, 5) is 24.7. The summed E-state index contributed by atoms with van der Waals surface area (Å²) in [6.45, 7) is 5.44. The number of carboxylic acid groups (broad SMARTS) is 1. The summed E-state index contributed by atoms with van der Waals surface area (Å²) >= 11 is 0. The third kappa shape index (κ3) is 3.56. The van der Waals surface area contributed by atoms with Crippen LogP contribution in [0.15, 0.2) is 6.07 Å². The molecule has 0 aliphatic heterocycles. The van der Waals surface area contributed by atoms with Gasteiger partial charge in [-0.25, -0.2) is 0 Å². The monoisotopic (exact) mass is 267 g/mol. The first-order chi connectivity index (χ1) is 8.90. The van der Waals surface area contributed by atoms with E-state index < -0.39 is 5.97 Å². The van der Waals surface area contributed by atoms with E-state index in [0.29, 0.717) is 12.1 Å². The molecule has 1 aromatic rings. The van der Waals surface area contributed by atoms with Crippen LogP contribution >= 0.6 is 0 Å². The van der Waals surface area contributed by atoms with Gasteiger partial charge >= 0.3 is 5.97 Å². The number of aliphatic carboxylic acids is 1. The number of hydrogen-bond donors (Lipinski definition) is 1. The smallest absolute Gasteiger partial charge is 0.323 e. The molecule has 1 atom stereocenters. The Morgan fingerprint density at radius 2 is 2.11 bits per heavy atom. The van der Waals surface area contributed by atoms with Crippen LogP contribution < -0.4 is 0 Å². The number of carbonyl (C=O) groups excluding carboxylic acids is 1. The van der Waals surface area contributed by atoms with Crippen molar-refractivity contribution in [1.82, 2.24) is 14.7 Å². The van der Waals surface area contributed by atoms with E-state index in [1.54, 1.807) is 13.1 Å². The molecule has 0 saturated heterocycles. The lowest BCUT2D eigenvalue weighted by Crippen LogP contribution is -2.42. The number of hydrogen-bond acceptors (Lipinski definition) is 3. The lowest BCUT2D eigenvalue weighted by atomic mass is 10.2. The third-order valence-electron chi connectivity index (χ3n) is 3.20. The number of rotatable bonds is 6. The normalized spacial score (nSPS) is 12.2. The molecule has 106 valence electrons. The fraction of sp³-hybridized carbons (Fsp3) is 0.615. The summed E-state index contributed by atoms with van der Waals surface area (Å²) in [6.07, 6.45) is 1.45.